The monoisotopic (exact) mass is 254 g/mol. The average molecular weight is 254 g/mol. The minimum absolute atomic E-state index is 0.0411. The number of alkyl halides is 3. The van der Waals surface area contributed by atoms with Gasteiger partial charge in [-0.1, -0.05) is 6.58 Å². The highest BCUT2D eigenvalue weighted by Gasteiger charge is 2.47. The SMILES string of the molecule is C=C(C)C(=O)OC(C)C(OC(C)=O)C(F)(F)F. The Kier molecular flexibility index (Phi) is 5.18. The first-order valence-corrected chi connectivity index (χ1v) is 4.66. The smallest absolute Gasteiger partial charge is 0.429 e. The summed E-state index contributed by atoms with van der Waals surface area (Å²) < 4.78 is 46.0. The predicted octanol–water partition coefficient (Wildman–Crippen LogP) is 1.99. The normalized spacial score (nSPS) is 14.7. The quantitative estimate of drug-likeness (QED) is 0.568. The fourth-order valence-electron chi connectivity index (χ4n) is 0.939. The fourth-order valence-corrected chi connectivity index (χ4v) is 0.939. The summed E-state index contributed by atoms with van der Waals surface area (Å²) in [7, 11) is 0. The summed E-state index contributed by atoms with van der Waals surface area (Å²) in [5.41, 5.74) is -0.0411. The van der Waals surface area contributed by atoms with Gasteiger partial charge in [0.15, 0.2) is 0 Å². The molecule has 0 saturated carbocycles. The average Bonchev–Trinajstić information content (AvgIpc) is 2.11. The van der Waals surface area contributed by atoms with Gasteiger partial charge in [0.05, 0.1) is 0 Å². The molecule has 98 valence electrons. The molecule has 0 aromatic carbocycles. The summed E-state index contributed by atoms with van der Waals surface area (Å²) >= 11 is 0. The Bertz CT molecular complexity index is 322. The van der Waals surface area contributed by atoms with Crippen LogP contribution in [0.15, 0.2) is 12.2 Å². The molecule has 0 aromatic rings. The number of carbonyl (C=O) groups excluding carboxylic acids is 2. The molecule has 0 aliphatic carbocycles. The molecule has 2 unspecified atom stereocenters. The second kappa shape index (κ2) is 5.70. The standard InChI is InChI=1S/C10H13F3O4/c1-5(2)9(15)16-6(3)8(10(11,12)13)17-7(4)14/h6,8H,1H2,2-4H3. The van der Waals surface area contributed by atoms with Gasteiger partial charge in [0.25, 0.3) is 0 Å². The highest BCUT2D eigenvalue weighted by molar-refractivity contribution is 5.87. The zero-order valence-electron chi connectivity index (χ0n) is 9.63. The van der Waals surface area contributed by atoms with Crippen molar-refractivity contribution in [2.75, 3.05) is 0 Å². The van der Waals surface area contributed by atoms with Crippen LogP contribution in [0.25, 0.3) is 0 Å². The molecule has 0 N–H and O–H groups in total. The molecule has 7 heteroatoms. The van der Waals surface area contributed by atoms with Crippen LogP contribution in [-0.2, 0) is 19.1 Å². The number of rotatable bonds is 4. The first kappa shape index (κ1) is 15.5. The molecule has 17 heavy (non-hydrogen) atoms. The van der Waals surface area contributed by atoms with Crippen LogP contribution in [0.4, 0.5) is 13.2 Å². The van der Waals surface area contributed by atoms with Crippen molar-refractivity contribution in [3.63, 3.8) is 0 Å². The van der Waals surface area contributed by atoms with Crippen LogP contribution in [0.2, 0.25) is 0 Å². The molecule has 0 radical (unpaired) electrons. The fraction of sp³-hybridized carbons (Fsp3) is 0.600. The maximum Gasteiger partial charge on any atom is 0.429 e. The second-order valence-electron chi connectivity index (χ2n) is 3.46. The summed E-state index contributed by atoms with van der Waals surface area (Å²) in [5, 5.41) is 0. The molecule has 4 nitrogen and oxygen atoms in total. The molecule has 0 aromatic heterocycles. The van der Waals surface area contributed by atoms with E-state index in [-0.39, 0.29) is 5.57 Å². The van der Waals surface area contributed by atoms with Crippen molar-refractivity contribution >= 4 is 11.9 Å². The van der Waals surface area contributed by atoms with Gasteiger partial charge in [-0.15, -0.1) is 0 Å². The van der Waals surface area contributed by atoms with Crippen molar-refractivity contribution < 1.29 is 32.2 Å². The van der Waals surface area contributed by atoms with Crippen LogP contribution in [-0.4, -0.2) is 30.3 Å². The Morgan fingerprint density at radius 2 is 1.65 bits per heavy atom. The van der Waals surface area contributed by atoms with Crippen molar-refractivity contribution in [3.05, 3.63) is 12.2 Å². The lowest BCUT2D eigenvalue weighted by molar-refractivity contribution is -0.243. The molecule has 0 bridgehead atoms. The minimum Gasteiger partial charge on any atom is -0.455 e. The van der Waals surface area contributed by atoms with Gasteiger partial charge in [0.2, 0.25) is 6.10 Å². The van der Waals surface area contributed by atoms with Gasteiger partial charge in [-0.3, -0.25) is 4.79 Å². The van der Waals surface area contributed by atoms with E-state index in [1.54, 1.807) is 0 Å². The molecule has 0 aliphatic heterocycles. The summed E-state index contributed by atoms with van der Waals surface area (Å²) in [6, 6.07) is 0. The van der Waals surface area contributed by atoms with Crippen LogP contribution >= 0.6 is 0 Å². The summed E-state index contributed by atoms with van der Waals surface area (Å²) in [6.07, 6.45) is -8.92. The van der Waals surface area contributed by atoms with Crippen molar-refractivity contribution in [1.82, 2.24) is 0 Å². The maximum absolute atomic E-state index is 12.5. The summed E-state index contributed by atoms with van der Waals surface area (Å²) in [5.74, 6) is -2.08. The number of halogens is 3. The van der Waals surface area contributed by atoms with E-state index >= 15 is 0 Å². The van der Waals surface area contributed by atoms with Crippen molar-refractivity contribution in [2.24, 2.45) is 0 Å². The van der Waals surface area contributed by atoms with Gasteiger partial charge >= 0.3 is 18.1 Å². The number of ether oxygens (including phenoxy) is 2. The van der Waals surface area contributed by atoms with Crippen LogP contribution in [0, 0.1) is 0 Å². The Morgan fingerprint density at radius 3 is 1.94 bits per heavy atom. The highest BCUT2D eigenvalue weighted by Crippen LogP contribution is 2.27. The predicted molar refractivity (Wildman–Crippen MR) is 52.0 cm³/mol. The largest absolute Gasteiger partial charge is 0.455 e. The Hall–Kier alpha value is -1.53. The number of hydrogen-bond donors (Lipinski definition) is 0. The van der Waals surface area contributed by atoms with Crippen LogP contribution in [0.1, 0.15) is 20.8 Å². The van der Waals surface area contributed by atoms with Gasteiger partial charge in [-0.05, 0) is 13.8 Å². The van der Waals surface area contributed by atoms with E-state index in [0.29, 0.717) is 0 Å². The molecular weight excluding hydrogens is 241 g/mol. The Labute approximate surface area is 96.4 Å². The molecule has 0 amide bonds. The van der Waals surface area contributed by atoms with Crippen molar-refractivity contribution in [3.8, 4) is 0 Å². The van der Waals surface area contributed by atoms with E-state index in [2.05, 4.69) is 16.1 Å². The third-order valence-corrected chi connectivity index (χ3v) is 1.68. The second-order valence-corrected chi connectivity index (χ2v) is 3.46. The Balaban J connectivity index is 4.76. The third-order valence-electron chi connectivity index (χ3n) is 1.68. The molecule has 0 spiro atoms. The maximum atomic E-state index is 12.5. The molecule has 0 aliphatic rings. The molecule has 0 rings (SSSR count). The zero-order valence-corrected chi connectivity index (χ0v) is 9.63. The van der Waals surface area contributed by atoms with Crippen molar-refractivity contribution in [1.29, 1.82) is 0 Å². The first-order valence-electron chi connectivity index (χ1n) is 4.66. The van der Waals surface area contributed by atoms with E-state index in [9.17, 15) is 22.8 Å². The number of carbonyl (C=O) groups is 2. The van der Waals surface area contributed by atoms with Crippen molar-refractivity contribution in [2.45, 2.75) is 39.2 Å². The van der Waals surface area contributed by atoms with Crippen LogP contribution in [0.3, 0.4) is 0 Å². The molecule has 0 heterocycles. The first-order chi connectivity index (χ1) is 7.55. The van der Waals surface area contributed by atoms with Crippen LogP contribution < -0.4 is 0 Å². The van der Waals surface area contributed by atoms with E-state index < -0.39 is 30.3 Å². The third kappa shape index (κ3) is 5.37. The molecule has 0 saturated heterocycles. The minimum atomic E-state index is -4.81. The number of esters is 2. The lowest BCUT2D eigenvalue weighted by atomic mass is 10.2. The van der Waals surface area contributed by atoms with E-state index in [1.165, 1.54) is 6.92 Å². The molecular formula is C10H13F3O4. The van der Waals surface area contributed by atoms with E-state index in [4.69, 9.17) is 0 Å². The van der Waals surface area contributed by atoms with E-state index in [1.807, 2.05) is 0 Å². The van der Waals surface area contributed by atoms with Crippen LogP contribution in [0.5, 0.6) is 0 Å². The number of hydrogen-bond acceptors (Lipinski definition) is 4. The lowest BCUT2D eigenvalue weighted by Crippen LogP contribution is -2.43. The summed E-state index contributed by atoms with van der Waals surface area (Å²) in [6.45, 7) is 6.35. The summed E-state index contributed by atoms with van der Waals surface area (Å²) in [4.78, 5) is 21.6. The van der Waals surface area contributed by atoms with Gasteiger partial charge in [0.1, 0.15) is 6.10 Å². The molecule has 0 fully saturated rings. The highest BCUT2D eigenvalue weighted by atomic mass is 19.4. The van der Waals surface area contributed by atoms with Gasteiger partial charge in [-0.2, -0.15) is 13.2 Å². The Morgan fingerprint density at radius 1 is 1.18 bits per heavy atom. The topological polar surface area (TPSA) is 52.6 Å². The lowest BCUT2D eigenvalue weighted by Gasteiger charge is -2.25. The van der Waals surface area contributed by atoms with Gasteiger partial charge < -0.3 is 9.47 Å². The van der Waals surface area contributed by atoms with E-state index in [0.717, 1.165) is 13.8 Å². The molecule has 2 atom stereocenters. The van der Waals surface area contributed by atoms with Gasteiger partial charge in [0, 0.05) is 12.5 Å². The zero-order chi connectivity index (χ0) is 13.8. The van der Waals surface area contributed by atoms with Gasteiger partial charge in [-0.25, -0.2) is 4.79 Å².